The van der Waals surface area contributed by atoms with E-state index < -0.39 is 25.9 Å². The monoisotopic (exact) mass is 427 g/mol. The molecular weight excluding hydrogens is 405 g/mol. The molecule has 1 heterocycles. The molecule has 1 fully saturated rings. The van der Waals surface area contributed by atoms with E-state index >= 15 is 0 Å². The predicted octanol–water partition coefficient (Wildman–Crippen LogP) is 1.24. The second-order valence-electron chi connectivity index (χ2n) is 6.63. The fourth-order valence-electron chi connectivity index (χ4n) is 2.83. The average molecular weight is 428 g/mol. The lowest BCUT2D eigenvalue weighted by atomic mass is 10.2. The van der Waals surface area contributed by atoms with Gasteiger partial charge in [0.1, 0.15) is 5.82 Å². The molecule has 152 valence electrons. The maximum absolute atomic E-state index is 12.9. The summed E-state index contributed by atoms with van der Waals surface area (Å²) in [6, 6.07) is 10.6. The van der Waals surface area contributed by atoms with Gasteiger partial charge in [-0.1, -0.05) is 12.1 Å². The lowest BCUT2D eigenvalue weighted by Gasteiger charge is -2.31. The molecule has 0 unspecified atom stereocenters. The average Bonchev–Trinajstić information content (AvgIpc) is 2.67. The van der Waals surface area contributed by atoms with Crippen LogP contribution in [0.2, 0.25) is 0 Å². The van der Waals surface area contributed by atoms with Gasteiger partial charge in [0, 0.05) is 32.7 Å². The summed E-state index contributed by atoms with van der Waals surface area (Å²) >= 11 is 0. The van der Waals surface area contributed by atoms with Gasteiger partial charge in [-0.05, 0) is 49.0 Å². The minimum Gasteiger partial charge on any atom is -0.304 e. The summed E-state index contributed by atoms with van der Waals surface area (Å²) < 4.78 is 66.7. The SMILES string of the molecule is CN1CCN(S(=O)(=O)c2ccc(CNS(=O)(=O)c3ccc(F)cc3)cc2)CC1. The third-order valence-electron chi connectivity index (χ3n) is 4.61. The van der Waals surface area contributed by atoms with Crippen molar-refractivity contribution in [2.24, 2.45) is 0 Å². The number of rotatable bonds is 6. The van der Waals surface area contributed by atoms with Crippen LogP contribution in [0.1, 0.15) is 5.56 Å². The second-order valence-corrected chi connectivity index (χ2v) is 10.3. The van der Waals surface area contributed by atoms with Crippen molar-refractivity contribution in [3.8, 4) is 0 Å². The Bertz CT molecular complexity index is 1020. The van der Waals surface area contributed by atoms with Crippen LogP contribution in [-0.2, 0) is 26.6 Å². The van der Waals surface area contributed by atoms with E-state index in [2.05, 4.69) is 9.62 Å². The molecule has 3 rings (SSSR count). The number of piperazine rings is 1. The fraction of sp³-hybridized carbons (Fsp3) is 0.333. The van der Waals surface area contributed by atoms with E-state index in [1.54, 1.807) is 12.1 Å². The van der Waals surface area contributed by atoms with Crippen LogP contribution in [0.3, 0.4) is 0 Å². The Labute approximate surface area is 164 Å². The number of hydrogen-bond donors (Lipinski definition) is 1. The molecular formula is C18H22FN3O4S2. The minimum absolute atomic E-state index is 0.00541. The zero-order valence-corrected chi connectivity index (χ0v) is 17.0. The number of benzene rings is 2. The van der Waals surface area contributed by atoms with E-state index in [1.807, 2.05) is 7.05 Å². The number of nitrogens with one attached hydrogen (secondary N) is 1. The van der Waals surface area contributed by atoms with Crippen molar-refractivity contribution in [1.82, 2.24) is 13.9 Å². The zero-order valence-electron chi connectivity index (χ0n) is 15.4. The van der Waals surface area contributed by atoms with Crippen molar-refractivity contribution >= 4 is 20.0 Å². The van der Waals surface area contributed by atoms with Crippen molar-refractivity contribution < 1.29 is 21.2 Å². The van der Waals surface area contributed by atoms with Crippen LogP contribution in [0.25, 0.3) is 0 Å². The first-order valence-corrected chi connectivity index (χ1v) is 11.6. The van der Waals surface area contributed by atoms with Gasteiger partial charge in [-0.3, -0.25) is 0 Å². The van der Waals surface area contributed by atoms with Crippen LogP contribution in [0.15, 0.2) is 58.3 Å². The quantitative estimate of drug-likeness (QED) is 0.750. The highest BCUT2D eigenvalue weighted by Crippen LogP contribution is 2.18. The van der Waals surface area contributed by atoms with Gasteiger partial charge in [-0.2, -0.15) is 4.31 Å². The number of halogens is 1. The van der Waals surface area contributed by atoms with Gasteiger partial charge < -0.3 is 4.90 Å². The fourth-order valence-corrected chi connectivity index (χ4v) is 5.27. The van der Waals surface area contributed by atoms with Gasteiger partial charge in [0.2, 0.25) is 20.0 Å². The number of sulfonamides is 2. The third-order valence-corrected chi connectivity index (χ3v) is 7.94. The lowest BCUT2D eigenvalue weighted by Crippen LogP contribution is -2.47. The van der Waals surface area contributed by atoms with Gasteiger partial charge >= 0.3 is 0 Å². The maximum atomic E-state index is 12.9. The van der Waals surface area contributed by atoms with E-state index in [0.717, 1.165) is 12.1 Å². The van der Waals surface area contributed by atoms with Crippen LogP contribution >= 0.6 is 0 Å². The highest BCUT2D eigenvalue weighted by Gasteiger charge is 2.27. The van der Waals surface area contributed by atoms with E-state index in [9.17, 15) is 21.2 Å². The molecule has 2 aromatic rings. The maximum Gasteiger partial charge on any atom is 0.243 e. The van der Waals surface area contributed by atoms with Crippen molar-refractivity contribution in [3.05, 3.63) is 59.9 Å². The molecule has 0 amide bonds. The molecule has 1 aliphatic heterocycles. The van der Waals surface area contributed by atoms with E-state index in [4.69, 9.17) is 0 Å². The van der Waals surface area contributed by atoms with Gasteiger partial charge in [0.15, 0.2) is 0 Å². The first-order chi connectivity index (χ1) is 13.2. The molecule has 1 N–H and O–H groups in total. The van der Waals surface area contributed by atoms with Crippen LogP contribution in [0.5, 0.6) is 0 Å². The van der Waals surface area contributed by atoms with E-state index in [-0.39, 0.29) is 16.3 Å². The highest BCUT2D eigenvalue weighted by molar-refractivity contribution is 7.89. The minimum atomic E-state index is -3.78. The molecule has 10 heteroatoms. The molecule has 0 bridgehead atoms. The smallest absolute Gasteiger partial charge is 0.243 e. The van der Waals surface area contributed by atoms with E-state index in [0.29, 0.717) is 31.7 Å². The van der Waals surface area contributed by atoms with Crippen molar-refractivity contribution in [3.63, 3.8) is 0 Å². The first-order valence-electron chi connectivity index (χ1n) is 8.71. The Kier molecular flexibility index (Phi) is 6.15. The lowest BCUT2D eigenvalue weighted by molar-refractivity contribution is 0.222. The molecule has 7 nitrogen and oxygen atoms in total. The molecule has 0 radical (unpaired) electrons. The zero-order chi connectivity index (χ0) is 20.4. The summed E-state index contributed by atoms with van der Waals surface area (Å²) in [4.78, 5) is 2.22. The van der Waals surface area contributed by atoms with Gasteiger partial charge in [-0.15, -0.1) is 0 Å². The Hall–Kier alpha value is -1.85. The standard InChI is InChI=1S/C18H22FN3O4S2/c1-21-10-12-22(13-11-21)28(25,26)18-6-2-15(3-7-18)14-20-27(23,24)17-8-4-16(19)5-9-17/h2-9,20H,10-14H2,1H3. The van der Waals surface area contributed by atoms with Gasteiger partial charge in [0.25, 0.3) is 0 Å². The Morgan fingerprint density at radius 1 is 0.857 bits per heavy atom. The van der Waals surface area contributed by atoms with E-state index in [1.165, 1.54) is 28.6 Å². The normalized spacial score (nSPS) is 16.9. The summed E-state index contributed by atoms with van der Waals surface area (Å²) in [6.07, 6.45) is 0. The van der Waals surface area contributed by atoms with Crippen molar-refractivity contribution in [2.75, 3.05) is 33.2 Å². The molecule has 2 aromatic carbocycles. The van der Waals surface area contributed by atoms with Crippen molar-refractivity contribution in [2.45, 2.75) is 16.3 Å². The molecule has 28 heavy (non-hydrogen) atoms. The number of nitrogens with zero attached hydrogens (tertiary/aromatic N) is 2. The summed E-state index contributed by atoms with van der Waals surface area (Å²) in [5.41, 5.74) is 0.614. The molecule has 1 saturated heterocycles. The Morgan fingerprint density at radius 3 is 1.96 bits per heavy atom. The van der Waals surface area contributed by atoms with Crippen LogP contribution in [0.4, 0.5) is 4.39 Å². The van der Waals surface area contributed by atoms with Crippen LogP contribution in [-0.4, -0.2) is 59.3 Å². The van der Waals surface area contributed by atoms with Crippen LogP contribution < -0.4 is 4.72 Å². The molecule has 0 atom stereocenters. The van der Waals surface area contributed by atoms with Gasteiger partial charge in [-0.25, -0.2) is 25.9 Å². The largest absolute Gasteiger partial charge is 0.304 e. The molecule has 0 saturated carbocycles. The second kappa shape index (κ2) is 8.26. The van der Waals surface area contributed by atoms with Crippen molar-refractivity contribution in [1.29, 1.82) is 0 Å². The Morgan fingerprint density at radius 2 is 1.39 bits per heavy atom. The van der Waals surface area contributed by atoms with Gasteiger partial charge in [0.05, 0.1) is 9.79 Å². The summed E-state index contributed by atoms with van der Waals surface area (Å²) in [5.74, 6) is -0.518. The van der Waals surface area contributed by atoms with Crippen LogP contribution in [0, 0.1) is 5.82 Å². The highest BCUT2D eigenvalue weighted by atomic mass is 32.2. The third kappa shape index (κ3) is 4.76. The molecule has 0 spiro atoms. The number of likely N-dealkylation sites (N-methyl/N-ethyl adjacent to an activating group) is 1. The number of hydrogen-bond acceptors (Lipinski definition) is 5. The summed E-state index contributed by atoms with van der Waals surface area (Å²) in [5, 5.41) is 0. The summed E-state index contributed by atoms with van der Waals surface area (Å²) in [7, 11) is -5.39. The summed E-state index contributed by atoms with van der Waals surface area (Å²) in [6.45, 7) is 2.25. The molecule has 0 aliphatic carbocycles. The Balaban J connectivity index is 1.66. The molecule has 0 aromatic heterocycles. The topological polar surface area (TPSA) is 86.8 Å². The predicted molar refractivity (Wildman–Crippen MR) is 103 cm³/mol. The first kappa shape index (κ1) is 20.9. The molecule has 1 aliphatic rings.